The van der Waals surface area contributed by atoms with Crippen molar-refractivity contribution in [2.75, 3.05) is 13.7 Å². The second-order valence-corrected chi connectivity index (χ2v) is 5.26. The van der Waals surface area contributed by atoms with Crippen LogP contribution in [0.4, 0.5) is 0 Å². The number of hydrogen-bond donors (Lipinski definition) is 1. The number of carbonyl (C=O) groups is 1. The average Bonchev–Trinajstić information content (AvgIpc) is 3.24. The Morgan fingerprint density at radius 2 is 2.26 bits per heavy atom. The van der Waals surface area contributed by atoms with Crippen LogP contribution in [0.3, 0.4) is 0 Å². The van der Waals surface area contributed by atoms with Crippen molar-refractivity contribution >= 4 is 5.91 Å². The van der Waals surface area contributed by atoms with Gasteiger partial charge in [0.05, 0.1) is 13.7 Å². The largest absolute Gasteiger partial charge is 0.497 e. The van der Waals surface area contributed by atoms with Crippen LogP contribution >= 0.6 is 0 Å². The van der Waals surface area contributed by atoms with Crippen LogP contribution in [0.25, 0.3) is 0 Å². The lowest BCUT2D eigenvalue weighted by atomic mass is 10.0. The third-order valence-electron chi connectivity index (χ3n) is 3.85. The zero-order valence-electron chi connectivity index (χ0n) is 11.1. The molecule has 4 nitrogen and oxygen atoms in total. The first-order valence-electron chi connectivity index (χ1n) is 6.84. The normalized spacial score (nSPS) is 25.1. The summed E-state index contributed by atoms with van der Waals surface area (Å²) in [5.74, 6) is 0.924. The zero-order chi connectivity index (χ0) is 13.2. The number of hydrogen-bond acceptors (Lipinski definition) is 3. The molecule has 4 heteroatoms. The minimum Gasteiger partial charge on any atom is -0.497 e. The Hall–Kier alpha value is -1.55. The molecule has 1 heterocycles. The molecule has 2 aliphatic rings. The van der Waals surface area contributed by atoms with Gasteiger partial charge in [0.2, 0.25) is 0 Å². The van der Waals surface area contributed by atoms with Gasteiger partial charge >= 0.3 is 0 Å². The van der Waals surface area contributed by atoms with Gasteiger partial charge in [0.1, 0.15) is 5.75 Å². The molecule has 1 aromatic carbocycles. The maximum absolute atomic E-state index is 11.8. The molecule has 1 N–H and O–H groups in total. The number of methoxy groups -OCH3 is 1. The van der Waals surface area contributed by atoms with E-state index in [0.29, 0.717) is 6.61 Å². The fourth-order valence-electron chi connectivity index (χ4n) is 2.69. The summed E-state index contributed by atoms with van der Waals surface area (Å²) < 4.78 is 10.3. The van der Waals surface area contributed by atoms with E-state index in [2.05, 4.69) is 17.4 Å². The van der Waals surface area contributed by atoms with Crippen molar-refractivity contribution in [2.45, 2.75) is 37.8 Å². The molecular weight excluding hydrogens is 242 g/mol. The van der Waals surface area contributed by atoms with E-state index < -0.39 is 0 Å². The highest BCUT2D eigenvalue weighted by Gasteiger charge is 2.32. The van der Waals surface area contributed by atoms with Gasteiger partial charge in [-0.3, -0.25) is 4.79 Å². The Labute approximate surface area is 113 Å². The molecule has 1 amide bonds. The predicted octanol–water partition coefficient (Wildman–Crippen LogP) is 1.46. The summed E-state index contributed by atoms with van der Waals surface area (Å²) in [6, 6.07) is 6.45. The van der Waals surface area contributed by atoms with E-state index in [-0.39, 0.29) is 18.1 Å². The molecule has 19 heavy (non-hydrogen) atoms. The van der Waals surface area contributed by atoms with Crippen LogP contribution in [0, 0.1) is 0 Å². The van der Waals surface area contributed by atoms with E-state index in [1.807, 2.05) is 6.07 Å². The van der Waals surface area contributed by atoms with E-state index in [9.17, 15) is 4.79 Å². The lowest BCUT2D eigenvalue weighted by molar-refractivity contribution is -0.123. The molecule has 0 aromatic heterocycles. The van der Waals surface area contributed by atoms with Crippen LogP contribution < -0.4 is 10.1 Å². The molecule has 1 saturated heterocycles. The SMILES string of the molecule is COc1ccc2c(c1)CC(NC(=O)C1CO1)CCC2. The van der Waals surface area contributed by atoms with Crippen LogP contribution in [0.5, 0.6) is 5.75 Å². The van der Waals surface area contributed by atoms with Crippen LogP contribution in [0.2, 0.25) is 0 Å². The first kappa shape index (κ1) is 12.5. The monoisotopic (exact) mass is 261 g/mol. The lowest BCUT2D eigenvalue weighted by Gasteiger charge is -2.16. The number of ether oxygens (including phenoxy) is 2. The van der Waals surface area contributed by atoms with Crippen molar-refractivity contribution in [3.63, 3.8) is 0 Å². The first-order valence-corrected chi connectivity index (χ1v) is 6.84. The van der Waals surface area contributed by atoms with E-state index >= 15 is 0 Å². The van der Waals surface area contributed by atoms with Crippen molar-refractivity contribution in [1.82, 2.24) is 5.32 Å². The van der Waals surface area contributed by atoms with Gasteiger partial charge in [0.15, 0.2) is 6.10 Å². The number of epoxide rings is 1. The Morgan fingerprint density at radius 1 is 1.42 bits per heavy atom. The van der Waals surface area contributed by atoms with Gasteiger partial charge in [-0.2, -0.15) is 0 Å². The second-order valence-electron chi connectivity index (χ2n) is 5.26. The summed E-state index contributed by atoms with van der Waals surface area (Å²) in [5.41, 5.74) is 2.67. The van der Waals surface area contributed by atoms with E-state index in [1.165, 1.54) is 11.1 Å². The van der Waals surface area contributed by atoms with Gasteiger partial charge in [0.25, 0.3) is 5.91 Å². The van der Waals surface area contributed by atoms with Crippen LogP contribution in [0.1, 0.15) is 24.0 Å². The summed E-state index contributed by atoms with van der Waals surface area (Å²) in [6.45, 7) is 0.572. The Balaban J connectivity index is 1.72. The summed E-state index contributed by atoms with van der Waals surface area (Å²) >= 11 is 0. The van der Waals surface area contributed by atoms with Gasteiger partial charge in [-0.05, 0) is 48.9 Å². The van der Waals surface area contributed by atoms with Gasteiger partial charge in [-0.25, -0.2) is 0 Å². The maximum atomic E-state index is 11.8. The molecule has 2 unspecified atom stereocenters. The van der Waals surface area contributed by atoms with Gasteiger partial charge in [-0.1, -0.05) is 6.07 Å². The van der Waals surface area contributed by atoms with Crippen molar-refractivity contribution in [1.29, 1.82) is 0 Å². The lowest BCUT2D eigenvalue weighted by Crippen LogP contribution is -2.38. The van der Waals surface area contributed by atoms with Gasteiger partial charge in [0, 0.05) is 6.04 Å². The van der Waals surface area contributed by atoms with E-state index in [4.69, 9.17) is 9.47 Å². The van der Waals surface area contributed by atoms with E-state index in [1.54, 1.807) is 7.11 Å². The van der Waals surface area contributed by atoms with Crippen molar-refractivity contribution in [3.8, 4) is 5.75 Å². The number of aryl methyl sites for hydroxylation is 1. The average molecular weight is 261 g/mol. The number of benzene rings is 1. The molecule has 1 aliphatic heterocycles. The summed E-state index contributed by atoms with van der Waals surface area (Å²) in [5, 5.41) is 3.09. The minimum absolute atomic E-state index is 0.0383. The van der Waals surface area contributed by atoms with Crippen LogP contribution in [0.15, 0.2) is 18.2 Å². The third kappa shape index (κ3) is 2.89. The zero-order valence-corrected chi connectivity index (χ0v) is 11.1. The fraction of sp³-hybridized carbons (Fsp3) is 0.533. The molecule has 0 spiro atoms. The maximum Gasteiger partial charge on any atom is 0.251 e. The van der Waals surface area contributed by atoms with E-state index in [0.717, 1.165) is 31.4 Å². The number of rotatable bonds is 3. The fourth-order valence-corrected chi connectivity index (χ4v) is 2.69. The Morgan fingerprint density at radius 3 is 3.00 bits per heavy atom. The molecule has 3 rings (SSSR count). The molecule has 1 aliphatic carbocycles. The summed E-state index contributed by atoms with van der Waals surface area (Å²) in [7, 11) is 1.68. The number of nitrogens with one attached hydrogen (secondary N) is 1. The van der Waals surface area contributed by atoms with Crippen LogP contribution in [-0.4, -0.2) is 31.8 Å². The molecule has 0 bridgehead atoms. The topological polar surface area (TPSA) is 50.9 Å². The first-order chi connectivity index (χ1) is 9.26. The molecule has 102 valence electrons. The van der Waals surface area contributed by atoms with Crippen LogP contribution in [-0.2, 0) is 22.4 Å². The number of carbonyl (C=O) groups excluding carboxylic acids is 1. The predicted molar refractivity (Wildman–Crippen MR) is 71.3 cm³/mol. The van der Waals surface area contributed by atoms with Crippen molar-refractivity contribution in [3.05, 3.63) is 29.3 Å². The quantitative estimate of drug-likeness (QED) is 0.662. The highest BCUT2D eigenvalue weighted by atomic mass is 16.6. The summed E-state index contributed by atoms with van der Waals surface area (Å²) in [6.07, 6.45) is 3.88. The molecule has 0 radical (unpaired) electrons. The smallest absolute Gasteiger partial charge is 0.251 e. The molecule has 1 fully saturated rings. The molecular formula is C15H19NO3. The Kier molecular flexibility index (Phi) is 3.42. The minimum atomic E-state index is -0.201. The standard InChI is InChI=1S/C15H19NO3/c1-18-13-6-5-10-3-2-4-12(7-11(10)8-13)16-15(17)14-9-19-14/h5-6,8,12,14H,2-4,7,9H2,1H3,(H,16,17). The molecule has 1 aromatic rings. The second kappa shape index (κ2) is 5.21. The molecule has 2 atom stereocenters. The number of amides is 1. The number of fused-ring (bicyclic) bond motifs is 1. The van der Waals surface area contributed by atoms with Gasteiger partial charge in [-0.15, -0.1) is 0 Å². The van der Waals surface area contributed by atoms with Crippen molar-refractivity contribution in [2.24, 2.45) is 0 Å². The van der Waals surface area contributed by atoms with Crippen molar-refractivity contribution < 1.29 is 14.3 Å². The highest BCUT2D eigenvalue weighted by Crippen LogP contribution is 2.25. The highest BCUT2D eigenvalue weighted by molar-refractivity contribution is 5.83. The third-order valence-corrected chi connectivity index (χ3v) is 3.85. The van der Waals surface area contributed by atoms with Gasteiger partial charge < -0.3 is 14.8 Å². The molecule has 0 saturated carbocycles. The summed E-state index contributed by atoms with van der Waals surface area (Å²) in [4.78, 5) is 11.8. The Bertz CT molecular complexity index is 482.